The fourth-order valence-electron chi connectivity index (χ4n) is 6.67. The molecule has 2 atom stereocenters. The summed E-state index contributed by atoms with van der Waals surface area (Å²) in [5, 5.41) is 68.9. The number of hydrogen-bond acceptors (Lipinski definition) is 8. The number of fused-ring (bicyclic) bond motifs is 8. The van der Waals surface area contributed by atoms with Gasteiger partial charge in [-0.05, 0) is 87.1 Å². The summed E-state index contributed by atoms with van der Waals surface area (Å²) in [6.45, 7) is 6.67. The van der Waals surface area contributed by atoms with Gasteiger partial charge in [0.05, 0.1) is 35.1 Å². The molecule has 0 saturated carbocycles. The van der Waals surface area contributed by atoms with Crippen LogP contribution >= 0.6 is 0 Å². The van der Waals surface area contributed by atoms with Crippen molar-refractivity contribution in [3.05, 3.63) is 84.7 Å². The minimum atomic E-state index is -1.47. The SMILES string of the molecule is Cc1c2[nH]c(c1CCC(=O)O)/C=c1\[nH]/c(c(C)c1CCC(=O)O)=C\C1=C(O)C(C)(CC(=O)O)/C(=C/C3=C(O)C(C)(CC(=O)O)/C(=C/2)N3)N1. The van der Waals surface area contributed by atoms with E-state index in [1.807, 2.05) is 0 Å². The molecule has 3 aliphatic heterocycles. The number of aliphatic hydroxyl groups is 2. The molecule has 2 unspecified atom stereocenters. The number of aromatic amines is 2. The Balaban J connectivity index is 1.88. The third-order valence-electron chi connectivity index (χ3n) is 9.53. The van der Waals surface area contributed by atoms with Gasteiger partial charge in [0, 0.05) is 46.3 Å². The molecule has 0 aliphatic carbocycles. The Morgan fingerprint density at radius 2 is 1.10 bits per heavy atom. The van der Waals surface area contributed by atoms with E-state index in [2.05, 4.69) is 20.6 Å². The van der Waals surface area contributed by atoms with Gasteiger partial charge in [-0.3, -0.25) is 19.2 Å². The lowest BCUT2D eigenvalue weighted by Crippen LogP contribution is -2.26. The molecule has 14 heteroatoms. The first-order chi connectivity index (χ1) is 22.4. The highest BCUT2D eigenvalue weighted by Crippen LogP contribution is 2.47. The number of carbonyl (C=O) groups is 4. The Morgan fingerprint density at radius 3 is 1.62 bits per heavy atom. The van der Waals surface area contributed by atoms with E-state index in [9.17, 15) is 49.8 Å². The molecule has 2 aromatic heterocycles. The van der Waals surface area contributed by atoms with Gasteiger partial charge in [-0.1, -0.05) is 0 Å². The minimum Gasteiger partial charge on any atom is -0.509 e. The molecule has 2 aromatic rings. The summed E-state index contributed by atoms with van der Waals surface area (Å²) in [6, 6.07) is 0. The number of aromatic nitrogens is 2. The molecule has 14 nitrogen and oxygen atoms in total. The van der Waals surface area contributed by atoms with Crippen molar-refractivity contribution >= 4 is 42.1 Å². The molecule has 48 heavy (non-hydrogen) atoms. The Labute approximate surface area is 274 Å². The van der Waals surface area contributed by atoms with Gasteiger partial charge in [0.1, 0.15) is 11.5 Å². The largest absolute Gasteiger partial charge is 0.509 e. The van der Waals surface area contributed by atoms with Gasteiger partial charge < -0.3 is 51.2 Å². The van der Waals surface area contributed by atoms with Crippen molar-refractivity contribution in [2.24, 2.45) is 10.8 Å². The number of H-pyrrole nitrogens is 2. The molecule has 0 fully saturated rings. The van der Waals surface area contributed by atoms with Gasteiger partial charge >= 0.3 is 23.9 Å². The molecule has 0 spiro atoms. The van der Waals surface area contributed by atoms with Crippen LogP contribution in [0.15, 0.2) is 40.4 Å². The number of carboxylic acids is 4. The number of allylic oxidation sites excluding steroid dienone is 2. The topological polar surface area (TPSA) is 245 Å². The van der Waals surface area contributed by atoms with E-state index in [0.29, 0.717) is 50.0 Å². The highest BCUT2D eigenvalue weighted by molar-refractivity contribution is 5.74. The van der Waals surface area contributed by atoms with E-state index >= 15 is 0 Å². The summed E-state index contributed by atoms with van der Waals surface area (Å²) in [4.78, 5) is 53.9. The van der Waals surface area contributed by atoms with Crippen molar-refractivity contribution in [3.8, 4) is 0 Å². The highest BCUT2D eigenvalue weighted by atomic mass is 16.4. The predicted octanol–water partition coefficient (Wildman–Crippen LogP) is 2.55. The van der Waals surface area contributed by atoms with E-state index in [-0.39, 0.29) is 54.3 Å². The van der Waals surface area contributed by atoms with Crippen molar-refractivity contribution < 1.29 is 49.8 Å². The second-order valence-corrected chi connectivity index (χ2v) is 12.9. The van der Waals surface area contributed by atoms with E-state index in [0.717, 1.165) is 0 Å². The number of carboxylic acid groups (broad SMARTS) is 4. The molecule has 0 aromatic carbocycles. The van der Waals surface area contributed by atoms with Crippen molar-refractivity contribution in [1.82, 2.24) is 20.6 Å². The van der Waals surface area contributed by atoms with Crippen LogP contribution in [0.25, 0.3) is 18.2 Å². The van der Waals surface area contributed by atoms with Gasteiger partial charge in [0.15, 0.2) is 0 Å². The van der Waals surface area contributed by atoms with Crippen LogP contribution in [-0.2, 0) is 32.0 Å². The lowest BCUT2D eigenvalue weighted by molar-refractivity contribution is -0.139. The van der Waals surface area contributed by atoms with Gasteiger partial charge in [0.2, 0.25) is 0 Å². The third kappa shape index (κ3) is 5.96. The zero-order chi connectivity index (χ0) is 35.3. The van der Waals surface area contributed by atoms with Crippen molar-refractivity contribution in [2.45, 2.75) is 66.2 Å². The Kier molecular flexibility index (Phi) is 8.55. The number of rotatable bonds is 10. The number of aliphatic hydroxyl groups excluding tert-OH is 2. The van der Waals surface area contributed by atoms with Crippen LogP contribution in [0.1, 0.15) is 73.2 Å². The zero-order valence-corrected chi connectivity index (χ0v) is 26.9. The zero-order valence-electron chi connectivity index (χ0n) is 26.9. The van der Waals surface area contributed by atoms with Crippen LogP contribution in [0.5, 0.6) is 0 Å². The molecule has 0 radical (unpaired) electrons. The summed E-state index contributed by atoms with van der Waals surface area (Å²) in [5.41, 5.74) is 1.69. The molecular weight excluding hydrogens is 624 g/mol. The Bertz CT molecular complexity index is 2020. The van der Waals surface area contributed by atoms with E-state index < -0.39 is 47.5 Å². The standard InChI is InChI=1S/C34H38N4O10/c1-15-17(5-7-27(39)40)21-10-22-18(6-8-28(41)42)16(2)20(36-22)11-25-33(3,13-29(43)44)32(48)24(38-25)12-26-34(4,14-30(45)46)31(47)23(37-26)9-19(15)35-21/h9-12,35-38,47-48H,5-8,13-14H2,1-4H3,(H,39,40)(H,41,42)(H,43,44)(H,45,46)/b19-9-,21-10-,25-11-,26-12-. The van der Waals surface area contributed by atoms with E-state index in [1.54, 1.807) is 39.0 Å². The molecule has 3 aliphatic rings. The van der Waals surface area contributed by atoms with E-state index in [4.69, 9.17) is 0 Å². The fraction of sp³-hybridized carbons (Fsp3) is 0.353. The molecule has 8 bridgehead atoms. The summed E-state index contributed by atoms with van der Waals surface area (Å²) in [7, 11) is 0. The van der Waals surface area contributed by atoms with Crippen molar-refractivity contribution in [1.29, 1.82) is 0 Å². The maximum Gasteiger partial charge on any atom is 0.304 e. The summed E-state index contributed by atoms with van der Waals surface area (Å²) < 4.78 is 0. The molecule has 0 amide bonds. The van der Waals surface area contributed by atoms with Gasteiger partial charge in [-0.25, -0.2) is 0 Å². The van der Waals surface area contributed by atoms with Gasteiger partial charge in [-0.15, -0.1) is 0 Å². The van der Waals surface area contributed by atoms with Gasteiger partial charge in [-0.2, -0.15) is 0 Å². The molecular formula is C34H38N4O10. The Hall–Kier alpha value is -5.66. The smallest absolute Gasteiger partial charge is 0.304 e. The van der Waals surface area contributed by atoms with Crippen molar-refractivity contribution in [2.75, 3.05) is 0 Å². The normalized spacial score (nSPS) is 25.1. The molecule has 5 rings (SSSR count). The number of aliphatic carboxylic acids is 4. The number of nitrogens with one attached hydrogen (secondary N) is 4. The maximum absolute atomic E-state index is 12.0. The van der Waals surface area contributed by atoms with E-state index in [1.165, 1.54) is 13.0 Å². The van der Waals surface area contributed by atoms with Crippen LogP contribution in [0, 0.1) is 24.7 Å². The first kappa shape index (κ1) is 33.7. The summed E-state index contributed by atoms with van der Waals surface area (Å²) in [5.74, 6) is -4.97. The maximum atomic E-state index is 12.0. The molecule has 254 valence electrons. The molecule has 10 N–H and O–H groups in total. The van der Waals surface area contributed by atoms with Crippen molar-refractivity contribution in [3.63, 3.8) is 0 Å². The van der Waals surface area contributed by atoms with Gasteiger partial charge in [0.25, 0.3) is 0 Å². The Morgan fingerprint density at radius 1 is 0.604 bits per heavy atom. The van der Waals surface area contributed by atoms with Crippen LogP contribution in [-0.4, -0.2) is 64.5 Å². The van der Waals surface area contributed by atoms with Crippen LogP contribution in [0.2, 0.25) is 0 Å². The average Bonchev–Trinajstić information content (AvgIpc) is 3.58. The molecule has 0 saturated heterocycles. The first-order valence-electron chi connectivity index (χ1n) is 15.3. The molecule has 5 heterocycles. The average molecular weight is 663 g/mol. The quantitative estimate of drug-likeness (QED) is 0.176. The fourth-order valence-corrected chi connectivity index (χ4v) is 6.67. The second-order valence-electron chi connectivity index (χ2n) is 12.9. The highest BCUT2D eigenvalue weighted by Gasteiger charge is 2.46. The monoisotopic (exact) mass is 662 g/mol. The number of hydrogen-bond donors (Lipinski definition) is 10. The predicted molar refractivity (Wildman–Crippen MR) is 173 cm³/mol. The van der Waals surface area contributed by atoms with Crippen LogP contribution in [0.3, 0.4) is 0 Å². The summed E-state index contributed by atoms with van der Waals surface area (Å²) >= 11 is 0. The van der Waals surface area contributed by atoms with Crippen LogP contribution in [0.4, 0.5) is 0 Å². The lowest BCUT2D eigenvalue weighted by atomic mass is 9.81. The second kappa shape index (κ2) is 12.2. The van der Waals surface area contributed by atoms with Crippen LogP contribution < -0.4 is 21.3 Å². The lowest BCUT2D eigenvalue weighted by Gasteiger charge is -2.24. The minimum absolute atomic E-state index is 0.0988. The summed E-state index contributed by atoms with van der Waals surface area (Å²) in [6.07, 6.45) is 5.39. The third-order valence-corrected chi connectivity index (χ3v) is 9.53. The first-order valence-corrected chi connectivity index (χ1v) is 15.3.